The van der Waals surface area contributed by atoms with Crippen LogP contribution in [0.15, 0.2) is 60.9 Å². The number of aromatic nitrogens is 1. The van der Waals surface area contributed by atoms with E-state index in [9.17, 15) is 9.59 Å². The largest absolute Gasteiger partial charge is 0.493 e. The van der Waals surface area contributed by atoms with Gasteiger partial charge in [0.15, 0.2) is 11.5 Å². The van der Waals surface area contributed by atoms with Crippen molar-refractivity contribution in [1.29, 1.82) is 5.41 Å². The highest BCUT2D eigenvalue weighted by Gasteiger charge is 2.25. The van der Waals surface area contributed by atoms with E-state index >= 15 is 0 Å². The van der Waals surface area contributed by atoms with Crippen molar-refractivity contribution in [3.8, 4) is 17.2 Å². The molecule has 0 fully saturated rings. The summed E-state index contributed by atoms with van der Waals surface area (Å²) in [5, 5.41) is 10.7. The second-order valence-electron chi connectivity index (χ2n) is 7.21. The number of nitrogens with zero attached hydrogens (tertiary/aromatic N) is 1. The molecule has 0 radical (unpaired) electrons. The quantitative estimate of drug-likeness (QED) is 0.177. The fourth-order valence-corrected chi connectivity index (χ4v) is 3.25. The Morgan fingerprint density at radius 3 is 2.00 bits per heavy atom. The van der Waals surface area contributed by atoms with Gasteiger partial charge in [-0.1, -0.05) is 0 Å². The average Bonchev–Trinajstić information content (AvgIpc) is 2.89. The van der Waals surface area contributed by atoms with Crippen molar-refractivity contribution in [2.24, 2.45) is 5.73 Å². The van der Waals surface area contributed by atoms with Gasteiger partial charge in [0.05, 0.1) is 21.3 Å². The van der Waals surface area contributed by atoms with Crippen molar-refractivity contribution in [3.63, 3.8) is 0 Å². The van der Waals surface area contributed by atoms with E-state index in [0.717, 1.165) is 0 Å². The van der Waals surface area contributed by atoms with Crippen molar-refractivity contribution < 1.29 is 23.8 Å². The highest BCUT2D eigenvalue weighted by atomic mass is 16.5. The molecular weight excluding hydrogens is 452 g/mol. The number of carbonyl (C=O) groups is 2. The second-order valence-corrected chi connectivity index (χ2v) is 7.21. The first-order valence-electron chi connectivity index (χ1n) is 10.4. The fourth-order valence-electron chi connectivity index (χ4n) is 3.25. The predicted octanol–water partition coefficient (Wildman–Crippen LogP) is 2.01. The molecule has 0 bridgehead atoms. The Kier molecular flexibility index (Phi) is 8.06. The zero-order valence-corrected chi connectivity index (χ0v) is 19.4. The molecule has 2 amide bonds. The third-order valence-electron chi connectivity index (χ3n) is 5.03. The number of nitrogen functional groups attached to an aromatic ring is 1. The molecule has 35 heavy (non-hydrogen) atoms. The van der Waals surface area contributed by atoms with E-state index in [0.29, 0.717) is 39.6 Å². The van der Waals surface area contributed by atoms with Crippen LogP contribution in [0.25, 0.3) is 0 Å². The van der Waals surface area contributed by atoms with Crippen LogP contribution >= 0.6 is 0 Å². The van der Waals surface area contributed by atoms with Crippen LogP contribution in [0.1, 0.15) is 27.5 Å². The molecule has 0 saturated heterocycles. The molecule has 0 aliphatic rings. The molecule has 3 aromatic rings. The lowest BCUT2D eigenvalue weighted by Crippen LogP contribution is -2.45. The van der Waals surface area contributed by atoms with Gasteiger partial charge in [0.1, 0.15) is 11.9 Å². The van der Waals surface area contributed by atoms with Crippen molar-refractivity contribution in [2.75, 3.05) is 26.6 Å². The molecule has 182 valence electrons. The van der Waals surface area contributed by atoms with Crippen LogP contribution in [0.2, 0.25) is 0 Å². The number of rotatable bonds is 9. The van der Waals surface area contributed by atoms with Gasteiger partial charge in [0.25, 0.3) is 11.8 Å². The first kappa shape index (κ1) is 24.8. The van der Waals surface area contributed by atoms with E-state index < -0.39 is 17.9 Å². The van der Waals surface area contributed by atoms with Crippen LogP contribution in [-0.4, -0.2) is 44.0 Å². The minimum Gasteiger partial charge on any atom is -0.493 e. The lowest BCUT2D eigenvalue weighted by molar-refractivity contribution is -0.122. The normalized spacial score (nSPS) is 11.1. The summed E-state index contributed by atoms with van der Waals surface area (Å²) < 4.78 is 16.2. The Morgan fingerprint density at radius 1 is 0.886 bits per heavy atom. The van der Waals surface area contributed by atoms with Crippen LogP contribution < -0.4 is 36.1 Å². The van der Waals surface area contributed by atoms with Crippen LogP contribution in [0.5, 0.6) is 17.2 Å². The van der Waals surface area contributed by atoms with Gasteiger partial charge in [-0.3, -0.25) is 30.8 Å². The smallest absolute Gasteiger partial charge is 0.269 e. The van der Waals surface area contributed by atoms with Gasteiger partial charge in [0.2, 0.25) is 5.75 Å². The second kappa shape index (κ2) is 11.4. The minimum atomic E-state index is -0.982. The highest BCUT2D eigenvalue weighted by molar-refractivity contribution is 5.97. The molecule has 1 aromatic heterocycles. The van der Waals surface area contributed by atoms with Crippen LogP contribution in [0.4, 0.5) is 5.69 Å². The first-order chi connectivity index (χ1) is 16.9. The monoisotopic (exact) mass is 478 g/mol. The summed E-state index contributed by atoms with van der Waals surface area (Å²) in [5.41, 5.74) is 12.3. The first-order valence-corrected chi connectivity index (χ1v) is 10.4. The van der Waals surface area contributed by atoms with Gasteiger partial charge >= 0.3 is 0 Å². The molecule has 0 aliphatic heterocycles. The summed E-state index contributed by atoms with van der Waals surface area (Å²) >= 11 is 0. The van der Waals surface area contributed by atoms with E-state index in [2.05, 4.69) is 21.2 Å². The fraction of sp³-hybridized carbons (Fsp3) is 0.167. The zero-order valence-electron chi connectivity index (χ0n) is 19.4. The van der Waals surface area contributed by atoms with E-state index in [-0.39, 0.29) is 5.84 Å². The SMILES string of the molecule is COc1cc(C(Nc2ccc(C(=N)N)cc2)C(=O)NNC(=O)c2ccncc2)cc(OC)c1OC. The molecule has 1 atom stereocenters. The molecule has 1 heterocycles. The summed E-state index contributed by atoms with van der Waals surface area (Å²) in [6.07, 6.45) is 2.95. The lowest BCUT2D eigenvalue weighted by Gasteiger charge is -2.22. The number of amides is 2. The molecule has 2 aromatic carbocycles. The number of hydrazine groups is 1. The van der Waals surface area contributed by atoms with Crippen LogP contribution in [0.3, 0.4) is 0 Å². The van der Waals surface area contributed by atoms with Gasteiger partial charge in [-0.05, 0) is 54.1 Å². The summed E-state index contributed by atoms with van der Waals surface area (Å²) in [7, 11) is 4.42. The average molecular weight is 479 g/mol. The third kappa shape index (κ3) is 5.96. The number of ether oxygens (including phenoxy) is 3. The van der Waals surface area contributed by atoms with Gasteiger partial charge in [-0.25, -0.2) is 0 Å². The Bertz CT molecular complexity index is 1180. The summed E-state index contributed by atoms with van der Waals surface area (Å²) in [6.45, 7) is 0. The van der Waals surface area contributed by atoms with E-state index in [1.807, 2.05) is 0 Å². The molecule has 6 N–H and O–H groups in total. The Labute approximate surface area is 202 Å². The number of benzene rings is 2. The topological polar surface area (TPSA) is 161 Å². The van der Waals surface area contributed by atoms with E-state index in [1.54, 1.807) is 36.4 Å². The number of anilines is 1. The number of nitrogens with one attached hydrogen (secondary N) is 4. The van der Waals surface area contributed by atoms with E-state index in [1.165, 1.54) is 45.9 Å². The Morgan fingerprint density at radius 2 is 1.49 bits per heavy atom. The lowest BCUT2D eigenvalue weighted by atomic mass is 10.0. The molecule has 11 heteroatoms. The van der Waals surface area contributed by atoms with Crippen molar-refractivity contribution in [2.45, 2.75) is 6.04 Å². The third-order valence-corrected chi connectivity index (χ3v) is 5.03. The Balaban J connectivity index is 1.92. The molecule has 1 unspecified atom stereocenters. The molecule has 0 aliphatic carbocycles. The molecule has 11 nitrogen and oxygen atoms in total. The van der Waals surface area contributed by atoms with Gasteiger partial charge in [-0.15, -0.1) is 0 Å². The van der Waals surface area contributed by atoms with Gasteiger partial charge in [-0.2, -0.15) is 0 Å². The van der Waals surface area contributed by atoms with Crippen LogP contribution in [-0.2, 0) is 4.79 Å². The van der Waals surface area contributed by atoms with Crippen molar-refractivity contribution in [3.05, 3.63) is 77.6 Å². The molecular formula is C24H26N6O5. The molecule has 3 rings (SSSR count). The highest BCUT2D eigenvalue weighted by Crippen LogP contribution is 2.40. The molecule has 0 spiro atoms. The van der Waals surface area contributed by atoms with E-state index in [4.69, 9.17) is 25.4 Å². The zero-order chi connectivity index (χ0) is 25.4. The number of hydrogen-bond acceptors (Lipinski definition) is 8. The number of hydrogen-bond donors (Lipinski definition) is 5. The summed E-state index contributed by atoms with van der Waals surface area (Å²) in [6, 6.07) is 12.0. The number of carbonyl (C=O) groups excluding carboxylic acids is 2. The van der Waals surface area contributed by atoms with Crippen LogP contribution in [0, 0.1) is 5.41 Å². The van der Waals surface area contributed by atoms with Crippen molar-refractivity contribution >= 4 is 23.3 Å². The summed E-state index contributed by atoms with van der Waals surface area (Å²) in [5.74, 6) is -0.0556. The maximum atomic E-state index is 13.2. The van der Waals surface area contributed by atoms with Gasteiger partial charge < -0.3 is 25.3 Å². The number of nitrogens with two attached hydrogens (primary N) is 1. The number of methoxy groups -OCH3 is 3. The summed E-state index contributed by atoms with van der Waals surface area (Å²) in [4.78, 5) is 29.5. The number of pyridine rings is 1. The Hall–Kier alpha value is -4.80. The minimum absolute atomic E-state index is 0.0747. The standard InChI is InChI=1S/C24H26N6O5/c1-33-18-12-16(13-19(34-2)21(18)35-3)20(28-17-6-4-14(5-7-17)22(25)26)24(32)30-29-23(31)15-8-10-27-11-9-15/h4-13,20,28H,1-3H3,(H3,25,26)(H,29,31)(H,30,32). The number of amidine groups is 1. The van der Waals surface area contributed by atoms with Gasteiger partial charge in [0, 0.05) is 29.2 Å². The van der Waals surface area contributed by atoms with Crippen molar-refractivity contribution in [1.82, 2.24) is 15.8 Å². The predicted molar refractivity (Wildman–Crippen MR) is 130 cm³/mol. The molecule has 0 saturated carbocycles. The maximum absolute atomic E-state index is 13.2. The maximum Gasteiger partial charge on any atom is 0.269 e.